The van der Waals surface area contributed by atoms with Crippen LogP contribution in [0.15, 0.2) is 24.3 Å². The highest BCUT2D eigenvalue weighted by Gasteiger charge is 2.24. The molecule has 0 aromatic heterocycles. The molecule has 0 radical (unpaired) electrons. The van der Waals surface area contributed by atoms with Gasteiger partial charge in [0, 0.05) is 32.7 Å². The van der Waals surface area contributed by atoms with E-state index in [1.807, 2.05) is 17.2 Å². The second-order valence-corrected chi connectivity index (χ2v) is 6.60. The fraction of sp³-hybridized carbons (Fsp3) is 0.562. The minimum atomic E-state index is -0.387. The van der Waals surface area contributed by atoms with Crippen LogP contribution in [-0.4, -0.2) is 59.9 Å². The molecule has 1 amide bonds. The Balaban J connectivity index is 0.00000264. The van der Waals surface area contributed by atoms with Gasteiger partial charge in [0.1, 0.15) is 5.82 Å². The third kappa shape index (κ3) is 6.30. The third-order valence-corrected chi connectivity index (χ3v) is 4.57. The zero-order chi connectivity index (χ0) is 15.9. The van der Waals surface area contributed by atoms with Crippen LogP contribution in [0.4, 0.5) is 4.39 Å². The largest absolute Gasteiger partial charge is 0.339 e. The van der Waals surface area contributed by atoms with Gasteiger partial charge in [-0.2, -0.15) is 11.8 Å². The second-order valence-electron chi connectivity index (χ2n) is 5.62. The zero-order valence-electron chi connectivity index (χ0n) is 13.4. The lowest BCUT2D eigenvalue weighted by atomic mass is 10.1. The molecule has 1 aliphatic rings. The van der Waals surface area contributed by atoms with Crippen molar-refractivity contribution < 1.29 is 9.18 Å². The number of carbonyl (C=O) groups excluding carboxylic acids is 1. The fourth-order valence-electron chi connectivity index (χ4n) is 2.62. The lowest BCUT2D eigenvalue weighted by Crippen LogP contribution is -2.53. The maximum atomic E-state index is 13.2. The summed E-state index contributed by atoms with van der Waals surface area (Å²) in [6, 6.07) is 6.29. The number of hydrogen-bond donors (Lipinski definition) is 1. The van der Waals surface area contributed by atoms with Gasteiger partial charge in [0.05, 0.1) is 6.04 Å². The van der Waals surface area contributed by atoms with E-state index in [4.69, 9.17) is 5.73 Å². The topological polar surface area (TPSA) is 49.6 Å². The molecule has 2 N–H and O–H groups in total. The SMILES string of the molecule is CSCC[C@H](N)C(=O)N1CCN(Cc2cccc(F)c2)CC1.Cl. The lowest BCUT2D eigenvalue weighted by molar-refractivity contribution is -0.134. The summed E-state index contributed by atoms with van der Waals surface area (Å²) >= 11 is 1.71. The Morgan fingerprint density at radius 3 is 2.65 bits per heavy atom. The van der Waals surface area contributed by atoms with Crippen LogP contribution in [0.25, 0.3) is 0 Å². The van der Waals surface area contributed by atoms with Gasteiger partial charge in [-0.15, -0.1) is 12.4 Å². The molecule has 1 heterocycles. The van der Waals surface area contributed by atoms with E-state index in [1.54, 1.807) is 23.9 Å². The van der Waals surface area contributed by atoms with Gasteiger partial charge < -0.3 is 10.6 Å². The molecule has 1 fully saturated rings. The molecule has 0 saturated carbocycles. The van der Waals surface area contributed by atoms with Crippen molar-refractivity contribution in [2.45, 2.75) is 19.0 Å². The van der Waals surface area contributed by atoms with E-state index in [1.165, 1.54) is 6.07 Å². The van der Waals surface area contributed by atoms with E-state index in [-0.39, 0.29) is 30.2 Å². The van der Waals surface area contributed by atoms with Crippen molar-refractivity contribution >= 4 is 30.1 Å². The quantitative estimate of drug-likeness (QED) is 0.841. The first-order chi connectivity index (χ1) is 10.6. The van der Waals surface area contributed by atoms with E-state index in [0.717, 1.165) is 37.4 Å². The fourth-order valence-corrected chi connectivity index (χ4v) is 3.11. The number of halogens is 2. The number of piperazine rings is 1. The van der Waals surface area contributed by atoms with Crippen LogP contribution >= 0.6 is 24.2 Å². The van der Waals surface area contributed by atoms with Gasteiger partial charge in [-0.3, -0.25) is 9.69 Å². The van der Waals surface area contributed by atoms with Crippen molar-refractivity contribution in [3.8, 4) is 0 Å². The van der Waals surface area contributed by atoms with Crippen LogP contribution < -0.4 is 5.73 Å². The average molecular weight is 362 g/mol. The molecule has 1 atom stereocenters. The number of rotatable bonds is 6. The summed E-state index contributed by atoms with van der Waals surface area (Å²) in [6.45, 7) is 3.72. The molecule has 1 saturated heterocycles. The van der Waals surface area contributed by atoms with Gasteiger partial charge in [-0.1, -0.05) is 12.1 Å². The molecule has 0 unspecified atom stereocenters. The molecule has 130 valence electrons. The zero-order valence-corrected chi connectivity index (χ0v) is 15.0. The molecule has 1 aromatic rings. The molecule has 23 heavy (non-hydrogen) atoms. The highest BCUT2D eigenvalue weighted by molar-refractivity contribution is 7.98. The van der Waals surface area contributed by atoms with Crippen LogP contribution in [0.5, 0.6) is 0 Å². The van der Waals surface area contributed by atoms with Crippen LogP contribution in [-0.2, 0) is 11.3 Å². The minimum Gasteiger partial charge on any atom is -0.339 e. The number of thioether (sulfide) groups is 1. The van der Waals surface area contributed by atoms with E-state index >= 15 is 0 Å². The van der Waals surface area contributed by atoms with E-state index < -0.39 is 0 Å². The maximum absolute atomic E-state index is 13.2. The smallest absolute Gasteiger partial charge is 0.239 e. The summed E-state index contributed by atoms with van der Waals surface area (Å²) in [7, 11) is 0. The highest BCUT2D eigenvalue weighted by Crippen LogP contribution is 2.11. The Morgan fingerprint density at radius 1 is 1.35 bits per heavy atom. The predicted octanol–water partition coefficient (Wildman–Crippen LogP) is 1.97. The van der Waals surface area contributed by atoms with Gasteiger partial charge in [0.25, 0.3) is 0 Å². The van der Waals surface area contributed by atoms with Gasteiger partial charge in [-0.25, -0.2) is 4.39 Å². The molecule has 0 aliphatic carbocycles. The Bertz CT molecular complexity index is 498. The normalized spacial score (nSPS) is 16.7. The summed E-state index contributed by atoms with van der Waals surface area (Å²) in [6.07, 6.45) is 2.74. The summed E-state index contributed by atoms with van der Waals surface area (Å²) in [5, 5.41) is 0. The monoisotopic (exact) mass is 361 g/mol. The van der Waals surface area contributed by atoms with Crippen molar-refractivity contribution in [2.24, 2.45) is 5.73 Å². The Kier molecular flexibility index (Phi) is 8.91. The average Bonchev–Trinajstić information content (AvgIpc) is 2.52. The summed E-state index contributed by atoms with van der Waals surface area (Å²) < 4.78 is 13.2. The molecule has 0 bridgehead atoms. The summed E-state index contributed by atoms with van der Waals surface area (Å²) in [5.41, 5.74) is 6.92. The highest BCUT2D eigenvalue weighted by atomic mass is 35.5. The van der Waals surface area contributed by atoms with Gasteiger partial charge in [0.15, 0.2) is 0 Å². The molecular formula is C16H25ClFN3OS. The number of nitrogens with two attached hydrogens (primary N) is 1. The molecule has 2 rings (SSSR count). The van der Waals surface area contributed by atoms with E-state index in [9.17, 15) is 9.18 Å². The molecule has 4 nitrogen and oxygen atoms in total. The van der Waals surface area contributed by atoms with Crippen LogP contribution in [0, 0.1) is 5.82 Å². The summed E-state index contributed by atoms with van der Waals surface area (Å²) in [4.78, 5) is 16.3. The third-order valence-electron chi connectivity index (χ3n) is 3.93. The molecule has 7 heteroatoms. The first kappa shape index (κ1) is 20.2. The second kappa shape index (κ2) is 10.1. The first-order valence-electron chi connectivity index (χ1n) is 7.60. The van der Waals surface area contributed by atoms with Crippen LogP contribution in [0.1, 0.15) is 12.0 Å². The van der Waals surface area contributed by atoms with Gasteiger partial charge in [-0.05, 0) is 36.1 Å². The van der Waals surface area contributed by atoms with Crippen LogP contribution in [0.2, 0.25) is 0 Å². The van der Waals surface area contributed by atoms with E-state index in [2.05, 4.69) is 4.90 Å². The Labute approximate surface area is 148 Å². The Morgan fingerprint density at radius 2 is 2.04 bits per heavy atom. The predicted molar refractivity (Wildman–Crippen MR) is 96.5 cm³/mol. The first-order valence-corrected chi connectivity index (χ1v) is 8.99. The number of carbonyl (C=O) groups is 1. The number of hydrogen-bond acceptors (Lipinski definition) is 4. The molecule has 1 aliphatic heterocycles. The van der Waals surface area contributed by atoms with Crippen molar-refractivity contribution in [3.63, 3.8) is 0 Å². The molecule has 0 spiro atoms. The number of benzene rings is 1. The van der Waals surface area contributed by atoms with Crippen molar-refractivity contribution in [2.75, 3.05) is 38.2 Å². The minimum absolute atomic E-state index is 0. The number of amides is 1. The maximum Gasteiger partial charge on any atom is 0.239 e. The molecular weight excluding hydrogens is 337 g/mol. The van der Waals surface area contributed by atoms with Gasteiger partial charge >= 0.3 is 0 Å². The van der Waals surface area contributed by atoms with Crippen molar-refractivity contribution in [1.82, 2.24) is 9.80 Å². The molecule has 1 aromatic carbocycles. The standard InChI is InChI=1S/C16H24FN3OS.ClH/c1-22-10-5-15(18)16(21)20-8-6-19(7-9-20)12-13-3-2-4-14(17)11-13;/h2-4,11,15H,5-10,12,18H2,1H3;1H/t15-;/m0./s1. The van der Waals surface area contributed by atoms with E-state index in [0.29, 0.717) is 13.1 Å². The number of nitrogens with zero attached hydrogens (tertiary/aromatic N) is 2. The Hall–Kier alpha value is -0.820. The van der Waals surface area contributed by atoms with Crippen molar-refractivity contribution in [3.05, 3.63) is 35.6 Å². The van der Waals surface area contributed by atoms with Crippen molar-refractivity contribution in [1.29, 1.82) is 0 Å². The van der Waals surface area contributed by atoms with Gasteiger partial charge in [0.2, 0.25) is 5.91 Å². The lowest BCUT2D eigenvalue weighted by Gasteiger charge is -2.36. The summed E-state index contributed by atoms with van der Waals surface area (Å²) in [5.74, 6) is 0.762. The van der Waals surface area contributed by atoms with Crippen LogP contribution in [0.3, 0.4) is 0 Å².